The average Bonchev–Trinajstić information content (AvgIpc) is 2.59. The Morgan fingerprint density at radius 3 is 2.44 bits per heavy atom. The molecule has 4 nitrogen and oxygen atoms in total. The first-order valence-corrected chi connectivity index (χ1v) is 5.33. The molecule has 0 radical (unpaired) electrons. The number of aromatic nitrogens is 3. The number of halogens is 2. The second kappa shape index (κ2) is 4.72. The van der Waals surface area contributed by atoms with Gasteiger partial charge in [0.25, 0.3) is 0 Å². The maximum absolute atomic E-state index is 5.83. The molecule has 1 heterocycles. The Morgan fingerprint density at radius 2 is 1.94 bits per heavy atom. The maximum atomic E-state index is 5.83. The summed E-state index contributed by atoms with van der Waals surface area (Å²) in [5.41, 5.74) is 1.05. The molecular weight excluding hydrogens is 249 g/mol. The zero-order chi connectivity index (χ0) is 11.5. The standard InChI is InChI=1S/C10H9Cl2N3O/c1-16-8-4-2-7(3-5-8)6-15-10(12)13-9(11)14-15/h2-5H,6H2,1H3. The molecule has 2 aromatic rings. The molecular formula is C10H9Cl2N3O. The summed E-state index contributed by atoms with van der Waals surface area (Å²) in [6.45, 7) is 0.530. The van der Waals surface area contributed by atoms with Crippen molar-refractivity contribution in [1.29, 1.82) is 0 Å². The molecule has 0 unspecified atom stereocenters. The molecule has 0 aliphatic carbocycles. The minimum absolute atomic E-state index is 0.151. The minimum atomic E-state index is 0.151. The Hall–Kier alpha value is -1.26. The number of ether oxygens (including phenoxy) is 1. The number of methoxy groups -OCH3 is 1. The van der Waals surface area contributed by atoms with E-state index in [1.165, 1.54) is 4.68 Å². The van der Waals surface area contributed by atoms with Gasteiger partial charge in [0.05, 0.1) is 13.7 Å². The van der Waals surface area contributed by atoms with Crippen molar-refractivity contribution < 1.29 is 4.74 Å². The van der Waals surface area contributed by atoms with E-state index < -0.39 is 0 Å². The normalized spacial score (nSPS) is 10.4. The van der Waals surface area contributed by atoms with E-state index in [1.54, 1.807) is 7.11 Å². The van der Waals surface area contributed by atoms with Crippen molar-refractivity contribution >= 4 is 23.2 Å². The lowest BCUT2D eigenvalue weighted by molar-refractivity contribution is 0.414. The van der Waals surface area contributed by atoms with Crippen molar-refractivity contribution in [2.45, 2.75) is 6.54 Å². The second-order valence-corrected chi connectivity index (χ2v) is 3.83. The lowest BCUT2D eigenvalue weighted by atomic mass is 10.2. The molecule has 6 heteroatoms. The zero-order valence-corrected chi connectivity index (χ0v) is 10.0. The highest BCUT2D eigenvalue weighted by Gasteiger charge is 2.06. The summed E-state index contributed by atoms with van der Waals surface area (Å²) in [7, 11) is 1.63. The van der Waals surface area contributed by atoms with Crippen LogP contribution in [0.15, 0.2) is 24.3 Å². The van der Waals surface area contributed by atoms with E-state index in [0.717, 1.165) is 11.3 Å². The predicted molar refractivity (Wildman–Crippen MR) is 62.1 cm³/mol. The summed E-state index contributed by atoms with van der Waals surface area (Å²) in [5.74, 6) is 0.812. The highest BCUT2D eigenvalue weighted by Crippen LogP contribution is 2.15. The quantitative estimate of drug-likeness (QED) is 0.849. The van der Waals surface area contributed by atoms with Crippen LogP contribution in [-0.4, -0.2) is 21.9 Å². The van der Waals surface area contributed by atoms with Gasteiger partial charge in [-0.15, -0.1) is 5.10 Å². The molecule has 0 spiro atoms. The summed E-state index contributed by atoms with van der Waals surface area (Å²) in [4.78, 5) is 3.80. The highest BCUT2D eigenvalue weighted by molar-refractivity contribution is 6.31. The summed E-state index contributed by atoms with van der Waals surface area (Å²) in [6, 6.07) is 7.62. The third-order valence-electron chi connectivity index (χ3n) is 2.09. The molecule has 84 valence electrons. The Labute approximate surface area is 103 Å². The van der Waals surface area contributed by atoms with Gasteiger partial charge in [-0.05, 0) is 40.9 Å². The number of rotatable bonds is 3. The molecule has 0 bridgehead atoms. The molecule has 0 atom stereocenters. The molecule has 2 rings (SSSR count). The SMILES string of the molecule is COc1ccc(Cn2nc(Cl)nc2Cl)cc1. The van der Waals surface area contributed by atoms with E-state index in [4.69, 9.17) is 27.9 Å². The van der Waals surface area contributed by atoms with Gasteiger partial charge in [-0.25, -0.2) is 4.68 Å². The number of hydrogen-bond donors (Lipinski definition) is 0. The number of benzene rings is 1. The summed E-state index contributed by atoms with van der Waals surface area (Å²) >= 11 is 11.5. The maximum Gasteiger partial charge on any atom is 0.243 e. The Bertz CT molecular complexity index is 481. The lowest BCUT2D eigenvalue weighted by Gasteiger charge is -2.03. The van der Waals surface area contributed by atoms with Gasteiger partial charge in [-0.2, -0.15) is 4.98 Å². The Kier molecular flexibility index (Phi) is 3.31. The van der Waals surface area contributed by atoms with E-state index in [2.05, 4.69) is 10.1 Å². The number of hydrogen-bond acceptors (Lipinski definition) is 3. The van der Waals surface area contributed by atoms with Crippen LogP contribution in [0.5, 0.6) is 5.75 Å². The van der Waals surface area contributed by atoms with Gasteiger partial charge < -0.3 is 4.74 Å². The van der Waals surface area contributed by atoms with E-state index in [1.807, 2.05) is 24.3 Å². The zero-order valence-electron chi connectivity index (χ0n) is 8.52. The third-order valence-corrected chi connectivity index (χ3v) is 2.53. The monoisotopic (exact) mass is 257 g/mol. The van der Waals surface area contributed by atoms with E-state index in [-0.39, 0.29) is 10.6 Å². The fourth-order valence-corrected chi connectivity index (χ4v) is 1.69. The summed E-state index contributed by atoms with van der Waals surface area (Å²) < 4.78 is 6.60. The topological polar surface area (TPSA) is 39.9 Å². The first-order valence-electron chi connectivity index (χ1n) is 4.58. The first kappa shape index (κ1) is 11.2. The van der Waals surface area contributed by atoms with E-state index in [0.29, 0.717) is 6.54 Å². The van der Waals surface area contributed by atoms with Gasteiger partial charge in [0.1, 0.15) is 5.75 Å². The van der Waals surface area contributed by atoms with Crippen molar-refractivity contribution in [2.24, 2.45) is 0 Å². The van der Waals surface area contributed by atoms with Gasteiger partial charge in [0.15, 0.2) is 0 Å². The fourth-order valence-electron chi connectivity index (χ4n) is 1.30. The molecule has 16 heavy (non-hydrogen) atoms. The van der Waals surface area contributed by atoms with Crippen LogP contribution in [0.1, 0.15) is 5.56 Å². The van der Waals surface area contributed by atoms with Crippen LogP contribution in [0.25, 0.3) is 0 Å². The van der Waals surface area contributed by atoms with Gasteiger partial charge in [0, 0.05) is 0 Å². The largest absolute Gasteiger partial charge is 0.497 e. The van der Waals surface area contributed by atoms with Crippen LogP contribution in [0.3, 0.4) is 0 Å². The molecule has 0 aliphatic heterocycles. The Morgan fingerprint density at radius 1 is 1.25 bits per heavy atom. The van der Waals surface area contributed by atoms with Gasteiger partial charge in [0.2, 0.25) is 10.6 Å². The number of nitrogens with zero attached hydrogens (tertiary/aromatic N) is 3. The van der Waals surface area contributed by atoms with Crippen molar-refractivity contribution in [3.63, 3.8) is 0 Å². The fraction of sp³-hybridized carbons (Fsp3) is 0.200. The summed E-state index contributed by atoms with van der Waals surface area (Å²) in [6.07, 6.45) is 0. The van der Waals surface area contributed by atoms with Gasteiger partial charge in [-0.3, -0.25) is 0 Å². The third kappa shape index (κ3) is 2.46. The summed E-state index contributed by atoms with van der Waals surface area (Å²) in [5, 5.41) is 4.39. The van der Waals surface area contributed by atoms with Gasteiger partial charge >= 0.3 is 0 Å². The van der Waals surface area contributed by atoms with Crippen LogP contribution in [0.4, 0.5) is 0 Å². The van der Waals surface area contributed by atoms with Crippen LogP contribution in [-0.2, 0) is 6.54 Å². The van der Waals surface area contributed by atoms with Crippen molar-refractivity contribution in [3.8, 4) is 5.75 Å². The molecule has 1 aromatic heterocycles. The van der Waals surface area contributed by atoms with Crippen LogP contribution < -0.4 is 4.74 Å². The van der Waals surface area contributed by atoms with Crippen LogP contribution in [0, 0.1) is 0 Å². The van der Waals surface area contributed by atoms with Crippen LogP contribution in [0.2, 0.25) is 10.6 Å². The smallest absolute Gasteiger partial charge is 0.243 e. The molecule has 0 saturated heterocycles. The van der Waals surface area contributed by atoms with Gasteiger partial charge in [-0.1, -0.05) is 12.1 Å². The second-order valence-electron chi connectivity index (χ2n) is 3.16. The molecule has 0 saturated carbocycles. The van der Waals surface area contributed by atoms with Crippen molar-refractivity contribution in [1.82, 2.24) is 14.8 Å². The lowest BCUT2D eigenvalue weighted by Crippen LogP contribution is -2.01. The predicted octanol–water partition coefficient (Wildman–Crippen LogP) is 2.64. The van der Waals surface area contributed by atoms with E-state index >= 15 is 0 Å². The minimum Gasteiger partial charge on any atom is -0.497 e. The van der Waals surface area contributed by atoms with Crippen molar-refractivity contribution in [2.75, 3.05) is 7.11 Å². The average molecular weight is 258 g/mol. The van der Waals surface area contributed by atoms with Crippen molar-refractivity contribution in [3.05, 3.63) is 40.4 Å². The Balaban J connectivity index is 2.17. The molecule has 0 fully saturated rings. The molecule has 0 amide bonds. The van der Waals surface area contributed by atoms with Crippen LogP contribution >= 0.6 is 23.2 Å². The van der Waals surface area contributed by atoms with E-state index in [9.17, 15) is 0 Å². The molecule has 0 aliphatic rings. The highest BCUT2D eigenvalue weighted by atomic mass is 35.5. The molecule has 0 N–H and O–H groups in total. The molecule has 1 aromatic carbocycles. The first-order chi connectivity index (χ1) is 7.69.